The number of H-pyrrole nitrogens is 1. The van der Waals surface area contributed by atoms with Gasteiger partial charge in [0.15, 0.2) is 0 Å². The highest BCUT2D eigenvalue weighted by Gasteiger charge is 2.09. The summed E-state index contributed by atoms with van der Waals surface area (Å²) in [5, 5.41) is 18.3. The molecule has 1 aromatic heterocycles. The molecule has 3 N–H and O–H groups in total. The molecule has 2 aromatic rings. The lowest BCUT2D eigenvalue weighted by molar-refractivity contribution is -0.120. The van der Waals surface area contributed by atoms with Gasteiger partial charge in [-0.15, -0.1) is 0 Å². The lowest BCUT2D eigenvalue weighted by Crippen LogP contribution is -2.27. The van der Waals surface area contributed by atoms with Crippen molar-refractivity contribution in [2.24, 2.45) is 0 Å². The first-order valence-electron chi connectivity index (χ1n) is 6.23. The Labute approximate surface area is 115 Å². The molecule has 6 heteroatoms. The van der Waals surface area contributed by atoms with Crippen LogP contribution in [0.4, 0.5) is 0 Å². The van der Waals surface area contributed by atoms with Gasteiger partial charge >= 0.3 is 5.97 Å². The molecule has 0 aliphatic rings. The smallest absolute Gasteiger partial charge is 0.335 e. The highest BCUT2D eigenvalue weighted by molar-refractivity contribution is 5.89. The van der Waals surface area contributed by atoms with E-state index in [1.807, 2.05) is 0 Å². The number of hydrogen-bond acceptors (Lipinski definition) is 3. The molecule has 0 fully saturated rings. The zero-order valence-corrected chi connectivity index (χ0v) is 10.8. The zero-order chi connectivity index (χ0) is 14.4. The standard InChI is InChI=1S/C14H15N3O3/c18-13(9-11-6-8-16-17-11)15-7-5-10-3-1-2-4-12(10)14(19)20/h1-4,6,8H,5,7,9H2,(H,15,18)(H,16,17)(H,19,20). The second-order valence-electron chi connectivity index (χ2n) is 4.32. The van der Waals surface area contributed by atoms with Gasteiger partial charge in [0.1, 0.15) is 0 Å². The van der Waals surface area contributed by atoms with E-state index in [-0.39, 0.29) is 17.9 Å². The molecule has 104 valence electrons. The monoisotopic (exact) mass is 273 g/mol. The predicted molar refractivity (Wildman–Crippen MR) is 72.4 cm³/mol. The topological polar surface area (TPSA) is 95.1 Å². The van der Waals surface area contributed by atoms with E-state index in [1.165, 1.54) is 0 Å². The second-order valence-corrected chi connectivity index (χ2v) is 4.32. The van der Waals surface area contributed by atoms with Crippen molar-refractivity contribution in [3.05, 3.63) is 53.3 Å². The molecule has 1 heterocycles. The first-order chi connectivity index (χ1) is 9.66. The Bertz CT molecular complexity index is 593. The summed E-state index contributed by atoms with van der Waals surface area (Å²) in [6.07, 6.45) is 2.31. The summed E-state index contributed by atoms with van der Waals surface area (Å²) in [4.78, 5) is 22.7. The van der Waals surface area contributed by atoms with Crippen LogP contribution >= 0.6 is 0 Å². The van der Waals surface area contributed by atoms with Crippen LogP contribution < -0.4 is 5.32 Å². The molecule has 0 aliphatic heterocycles. The van der Waals surface area contributed by atoms with Crippen LogP contribution in [0.15, 0.2) is 36.5 Å². The van der Waals surface area contributed by atoms with E-state index >= 15 is 0 Å². The van der Waals surface area contributed by atoms with Crippen LogP contribution in [-0.4, -0.2) is 33.7 Å². The van der Waals surface area contributed by atoms with Crippen LogP contribution in [0.25, 0.3) is 0 Å². The van der Waals surface area contributed by atoms with Gasteiger partial charge in [-0.3, -0.25) is 9.89 Å². The van der Waals surface area contributed by atoms with Crippen molar-refractivity contribution in [2.75, 3.05) is 6.54 Å². The van der Waals surface area contributed by atoms with Gasteiger partial charge in [-0.1, -0.05) is 18.2 Å². The molecule has 1 aromatic carbocycles. The molecule has 1 amide bonds. The Hall–Kier alpha value is -2.63. The Morgan fingerprint density at radius 2 is 2.05 bits per heavy atom. The zero-order valence-electron chi connectivity index (χ0n) is 10.8. The van der Waals surface area contributed by atoms with Gasteiger partial charge in [0, 0.05) is 18.4 Å². The van der Waals surface area contributed by atoms with E-state index in [4.69, 9.17) is 5.11 Å². The SMILES string of the molecule is O=C(Cc1ccn[nH]1)NCCc1ccccc1C(=O)O. The minimum absolute atomic E-state index is 0.123. The van der Waals surface area contributed by atoms with Gasteiger partial charge < -0.3 is 10.4 Å². The van der Waals surface area contributed by atoms with Crippen molar-refractivity contribution in [1.82, 2.24) is 15.5 Å². The van der Waals surface area contributed by atoms with Crippen LogP contribution in [-0.2, 0) is 17.6 Å². The molecular formula is C14H15N3O3. The van der Waals surface area contributed by atoms with Gasteiger partial charge in [-0.2, -0.15) is 5.10 Å². The summed E-state index contributed by atoms with van der Waals surface area (Å²) in [6.45, 7) is 0.400. The Balaban J connectivity index is 1.84. The molecule has 0 saturated carbocycles. The van der Waals surface area contributed by atoms with Gasteiger partial charge in [-0.05, 0) is 24.1 Å². The van der Waals surface area contributed by atoms with Crippen LogP contribution in [0.3, 0.4) is 0 Å². The highest BCUT2D eigenvalue weighted by atomic mass is 16.4. The van der Waals surface area contributed by atoms with E-state index < -0.39 is 5.97 Å². The van der Waals surface area contributed by atoms with E-state index in [0.29, 0.717) is 18.5 Å². The molecule has 0 saturated heterocycles. The predicted octanol–water partition coefficient (Wildman–Crippen LogP) is 1.01. The van der Waals surface area contributed by atoms with Gasteiger partial charge in [0.25, 0.3) is 0 Å². The normalized spacial score (nSPS) is 10.2. The number of benzene rings is 1. The number of carbonyl (C=O) groups is 2. The number of aromatic nitrogens is 2. The number of aromatic amines is 1. The molecule has 0 aliphatic carbocycles. The number of rotatable bonds is 6. The van der Waals surface area contributed by atoms with Crippen LogP contribution in [0, 0.1) is 0 Å². The summed E-state index contributed by atoms with van der Waals surface area (Å²) in [5.41, 5.74) is 1.73. The molecule has 0 spiro atoms. The molecular weight excluding hydrogens is 258 g/mol. The number of amides is 1. The third-order valence-electron chi connectivity index (χ3n) is 2.87. The number of hydrogen-bond donors (Lipinski definition) is 3. The van der Waals surface area contributed by atoms with Crippen LogP contribution in [0.2, 0.25) is 0 Å². The van der Waals surface area contributed by atoms with Crippen molar-refractivity contribution in [2.45, 2.75) is 12.8 Å². The number of carboxylic acid groups (broad SMARTS) is 1. The highest BCUT2D eigenvalue weighted by Crippen LogP contribution is 2.09. The van der Waals surface area contributed by atoms with Crippen LogP contribution in [0.1, 0.15) is 21.6 Å². The van der Waals surface area contributed by atoms with Gasteiger partial charge in [0.2, 0.25) is 5.91 Å². The number of nitrogens with one attached hydrogen (secondary N) is 2. The summed E-state index contributed by atoms with van der Waals surface area (Å²) >= 11 is 0. The van der Waals surface area contributed by atoms with E-state index in [0.717, 1.165) is 5.69 Å². The van der Waals surface area contributed by atoms with E-state index in [9.17, 15) is 9.59 Å². The van der Waals surface area contributed by atoms with Crippen molar-refractivity contribution in [3.8, 4) is 0 Å². The maximum Gasteiger partial charge on any atom is 0.335 e. The third-order valence-corrected chi connectivity index (χ3v) is 2.87. The quantitative estimate of drug-likeness (QED) is 0.732. The average molecular weight is 273 g/mol. The fraction of sp³-hybridized carbons (Fsp3) is 0.214. The molecule has 2 rings (SSSR count). The lowest BCUT2D eigenvalue weighted by Gasteiger charge is -2.07. The molecule has 6 nitrogen and oxygen atoms in total. The fourth-order valence-electron chi connectivity index (χ4n) is 1.90. The van der Waals surface area contributed by atoms with Crippen LogP contribution in [0.5, 0.6) is 0 Å². The maximum atomic E-state index is 11.6. The lowest BCUT2D eigenvalue weighted by atomic mass is 10.0. The number of carboxylic acids is 1. The second kappa shape index (κ2) is 6.51. The van der Waals surface area contributed by atoms with Gasteiger partial charge in [-0.25, -0.2) is 4.79 Å². The molecule has 0 radical (unpaired) electrons. The summed E-state index contributed by atoms with van der Waals surface area (Å²) < 4.78 is 0. The van der Waals surface area contributed by atoms with E-state index in [1.54, 1.807) is 36.5 Å². The fourth-order valence-corrected chi connectivity index (χ4v) is 1.90. The Kier molecular flexibility index (Phi) is 4.49. The maximum absolute atomic E-state index is 11.6. The first-order valence-corrected chi connectivity index (χ1v) is 6.23. The molecule has 0 atom stereocenters. The van der Waals surface area contributed by atoms with Gasteiger partial charge in [0.05, 0.1) is 12.0 Å². The minimum atomic E-state index is -0.954. The van der Waals surface area contributed by atoms with Crippen molar-refractivity contribution >= 4 is 11.9 Å². The first kappa shape index (κ1) is 13.8. The third kappa shape index (κ3) is 3.68. The molecule has 0 bridgehead atoms. The molecule has 0 unspecified atom stereocenters. The summed E-state index contributed by atoms with van der Waals surface area (Å²) in [6, 6.07) is 8.52. The number of aromatic carboxylic acids is 1. The van der Waals surface area contributed by atoms with Crippen molar-refractivity contribution in [1.29, 1.82) is 0 Å². The largest absolute Gasteiger partial charge is 0.478 e. The minimum Gasteiger partial charge on any atom is -0.478 e. The summed E-state index contributed by atoms with van der Waals surface area (Å²) in [7, 11) is 0. The summed E-state index contributed by atoms with van der Waals surface area (Å²) in [5.74, 6) is -1.08. The number of carbonyl (C=O) groups excluding carboxylic acids is 1. The average Bonchev–Trinajstić information content (AvgIpc) is 2.92. The van der Waals surface area contributed by atoms with E-state index in [2.05, 4.69) is 15.5 Å². The Morgan fingerprint density at radius 3 is 2.75 bits per heavy atom. The molecule has 20 heavy (non-hydrogen) atoms. The van der Waals surface area contributed by atoms with Crippen molar-refractivity contribution in [3.63, 3.8) is 0 Å². The van der Waals surface area contributed by atoms with Crippen molar-refractivity contribution < 1.29 is 14.7 Å². The number of nitrogens with zero attached hydrogens (tertiary/aromatic N) is 1. The Morgan fingerprint density at radius 1 is 1.25 bits per heavy atom.